The predicted molar refractivity (Wildman–Crippen MR) is 93.4 cm³/mol. The molecular weight excluding hydrogens is 370 g/mol. The lowest BCUT2D eigenvalue weighted by atomic mass is 10.1. The Bertz CT molecular complexity index is 935. The number of aromatic nitrogens is 4. The lowest BCUT2D eigenvalue weighted by Gasteiger charge is -2.26. The molecule has 1 aliphatic rings. The van der Waals surface area contributed by atoms with Crippen LogP contribution in [0.3, 0.4) is 0 Å². The Morgan fingerprint density at radius 2 is 2.17 bits per heavy atom. The zero-order valence-corrected chi connectivity index (χ0v) is 14.3. The van der Waals surface area contributed by atoms with Crippen molar-refractivity contribution >= 4 is 33.1 Å². The molecule has 4 heterocycles. The molecule has 0 atom stereocenters. The molecular formula is C17H14BrN5O. The van der Waals surface area contributed by atoms with Crippen molar-refractivity contribution in [3.63, 3.8) is 0 Å². The second kappa shape index (κ2) is 6.16. The summed E-state index contributed by atoms with van der Waals surface area (Å²) in [7, 11) is 0. The standard InChI is InChI=1S/C17H14BrN5O/c18-13-9-20-16-8-15(21-23(16)11-13)17(24)22-7-3-4-12(10-22)14-5-1-2-6-19-14/h1-2,4-6,8-9,11H,3,7,10H2. The molecule has 0 N–H and O–H groups in total. The third kappa shape index (κ3) is 2.82. The van der Waals surface area contributed by atoms with Crippen molar-refractivity contribution in [2.75, 3.05) is 13.1 Å². The molecule has 4 rings (SSSR count). The van der Waals surface area contributed by atoms with Crippen LogP contribution < -0.4 is 0 Å². The number of nitrogens with zero attached hydrogens (tertiary/aromatic N) is 5. The van der Waals surface area contributed by atoms with Crippen LogP contribution in [0.25, 0.3) is 11.2 Å². The summed E-state index contributed by atoms with van der Waals surface area (Å²) in [6.45, 7) is 1.22. The summed E-state index contributed by atoms with van der Waals surface area (Å²) in [5.41, 5.74) is 3.04. The zero-order chi connectivity index (χ0) is 16.5. The molecule has 0 aromatic carbocycles. The quantitative estimate of drug-likeness (QED) is 0.682. The van der Waals surface area contributed by atoms with Crippen LogP contribution in [0.2, 0.25) is 0 Å². The van der Waals surface area contributed by atoms with Crippen molar-refractivity contribution in [1.82, 2.24) is 24.5 Å². The van der Waals surface area contributed by atoms with Crippen LogP contribution in [0.1, 0.15) is 22.6 Å². The molecule has 3 aromatic heterocycles. The molecule has 0 bridgehead atoms. The molecule has 1 aliphatic heterocycles. The summed E-state index contributed by atoms with van der Waals surface area (Å²) in [5.74, 6) is -0.0850. The second-order valence-electron chi connectivity index (χ2n) is 5.56. The summed E-state index contributed by atoms with van der Waals surface area (Å²) in [4.78, 5) is 23.2. The highest BCUT2D eigenvalue weighted by Gasteiger charge is 2.23. The van der Waals surface area contributed by atoms with Gasteiger partial charge in [-0.1, -0.05) is 12.1 Å². The maximum atomic E-state index is 12.8. The van der Waals surface area contributed by atoms with E-state index < -0.39 is 0 Å². The Morgan fingerprint density at radius 1 is 1.25 bits per heavy atom. The van der Waals surface area contributed by atoms with Crippen LogP contribution in [-0.2, 0) is 0 Å². The molecule has 0 spiro atoms. The summed E-state index contributed by atoms with van der Waals surface area (Å²) < 4.78 is 2.42. The van der Waals surface area contributed by atoms with Crippen LogP contribution in [0.4, 0.5) is 0 Å². The van der Waals surface area contributed by atoms with Gasteiger partial charge >= 0.3 is 0 Å². The van der Waals surface area contributed by atoms with Crippen molar-refractivity contribution in [1.29, 1.82) is 0 Å². The topological polar surface area (TPSA) is 63.4 Å². The Hall–Kier alpha value is -2.54. The molecule has 0 unspecified atom stereocenters. The van der Waals surface area contributed by atoms with Crippen molar-refractivity contribution in [3.05, 3.63) is 64.8 Å². The number of fused-ring (bicyclic) bond motifs is 1. The summed E-state index contributed by atoms with van der Waals surface area (Å²) in [6.07, 6.45) is 8.20. The van der Waals surface area contributed by atoms with Gasteiger partial charge in [0.1, 0.15) is 0 Å². The number of pyridine rings is 1. The number of rotatable bonds is 2. The molecule has 3 aromatic rings. The SMILES string of the molecule is O=C(c1cc2ncc(Br)cn2n1)N1CCC=C(c2ccccn2)C1. The van der Waals surface area contributed by atoms with E-state index in [9.17, 15) is 4.79 Å². The molecule has 120 valence electrons. The highest BCUT2D eigenvalue weighted by molar-refractivity contribution is 9.10. The maximum Gasteiger partial charge on any atom is 0.274 e. The number of amides is 1. The van der Waals surface area contributed by atoms with Gasteiger partial charge in [0.25, 0.3) is 5.91 Å². The fourth-order valence-electron chi connectivity index (χ4n) is 2.78. The third-order valence-electron chi connectivity index (χ3n) is 3.93. The van der Waals surface area contributed by atoms with E-state index in [0.717, 1.165) is 22.2 Å². The second-order valence-corrected chi connectivity index (χ2v) is 6.48. The lowest BCUT2D eigenvalue weighted by molar-refractivity contribution is 0.0768. The van der Waals surface area contributed by atoms with Gasteiger partial charge in [-0.25, -0.2) is 9.50 Å². The highest BCUT2D eigenvalue weighted by Crippen LogP contribution is 2.20. The van der Waals surface area contributed by atoms with E-state index in [1.54, 1.807) is 34.1 Å². The number of carbonyl (C=O) groups is 1. The van der Waals surface area contributed by atoms with E-state index in [1.165, 1.54) is 0 Å². The molecule has 0 saturated carbocycles. The number of halogens is 1. The van der Waals surface area contributed by atoms with Crippen LogP contribution >= 0.6 is 15.9 Å². The smallest absolute Gasteiger partial charge is 0.274 e. The number of carbonyl (C=O) groups excluding carboxylic acids is 1. The average Bonchev–Trinajstić information content (AvgIpc) is 3.05. The average molecular weight is 384 g/mol. The Morgan fingerprint density at radius 3 is 3.00 bits per heavy atom. The van der Waals surface area contributed by atoms with E-state index in [2.05, 4.69) is 37.1 Å². The van der Waals surface area contributed by atoms with Crippen LogP contribution in [0.15, 0.2) is 53.4 Å². The van der Waals surface area contributed by atoms with E-state index in [1.807, 2.05) is 18.2 Å². The Kier molecular flexibility index (Phi) is 3.86. The summed E-state index contributed by atoms with van der Waals surface area (Å²) in [5, 5.41) is 4.34. The largest absolute Gasteiger partial charge is 0.333 e. The van der Waals surface area contributed by atoms with Crippen LogP contribution in [0, 0.1) is 0 Å². The van der Waals surface area contributed by atoms with Gasteiger partial charge in [0.05, 0.1) is 10.2 Å². The van der Waals surface area contributed by atoms with Crippen molar-refractivity contribution in [2.24, 2.45) is 0 Å². The molecule has 0 fully saturated rings. The van der Waals surface area contributed by atoms with Gasteiger partial charge in [-0.05, 0) is 40.1 Å². The first-order valence-corrected chi connectivity index (χ1v) is 8.41. The minimum atomic E-state index is -0.0850. The van der Waals surface area contributed by atoms with Crippen molar-refractivity contribution < 1.29 is 4.79 Å². The zero-order valence-electron chi connectivity index (χ0n) is 12.8. The number of hydrogen-bond acceptors (Lipinski definition) is 4. The molecule has 7 heteroatoms. The minimum absolute atomic E-state index is 0.0850. The van der Waals surface area contributed by atoms with Crippen LogP contribution in [-0.4, -0.2) is 43.5 Å². The molecule has 0 aliphatic carbocycles. The summed E-state index contributed by atoms with van der Waals surface area (Å²) >= 11 is 3.36. The van der Waals surface area contributed by atoms with Crippen LogP contribution in [0.5, 0.6) is 0 Å². The first kappa shape index (κ1) is 15.0. The lowest BCUT2D eigenvalue weighted by Crippen LogP contribution is -2.35. The van der Waals surface area contributed by atoms with Gasteiger partial charge in [0, 0.05) is 37.7 Å². The summed E-state index contributed by atoms with van der Waals surface area (Å²) in [6, 6.07) is 7.52. The van der Waals surface area contributed by atoms with Gasteiger partial charge in [-0.2, -0.15) is 5.10 Å². The Balaban J connectivity index is 1.59. The number of hydrogen-bond donors (Lipinski definition) is 0. The molecule has 6 nitrogen and oxygen atoms in total. The first-order chi connectivity index (χ1) is 11.7. The fraction of sp³-hybridized carbons (Fsp3) is 0.176. The monoisotopic (exact) mass is 383 g/mol. The maximum absolute atomic E-state index is 12.8. The molecule has 24 heavy (non-hydrogen) atoms. The van der Waals surface area contributed by atoms with E-state index in [-0.39, 0.29) is 5.91 Å². The van der Waals surface area contributed by atoms with Gasteiger partial charge in [0.15, 0.2) is 11.3 Å². The van der Waals surface area contributed by atoms with Gasteiger partial charge in [0.2, 0.25) is 0 Å². The molecule has 1 amide bonds. The predicted octanol–water partition coefficient (Wildman–Crippen LogP) is 2.82. The van der Waals surface area contributed by atoms with E-state index >= 15 is 0 Å². The van der Waals surface area contributed by atoms with Crippen molar-refractivity contribution in [2.45, 2.75) is 6.42 Å². The van der Waals surface area contributed by atoms with Gasteiger partial charge < -0.3 is 4.90 Å². The van der Waals surface area contributed by atoms with E-state index in [0.29, 0.717) is 24.4 Å². The Labute approximate surface area is 147 Å². The first-order valence-electron chi connectivity index (χ1n) is 7.61. The van der Waals surface area contributed by atoms with E-state index in [4.69, 9.17) is 0 Å². The third-order valence-corrected chi connectivity index (χ3v) is 4.34. The van der Waals surface area contributed by atoms with Crippen molar-refractivity contribution in [3.8, 4) is 0 Å². The van der Waals surface area contributed by atoms with Gasteiger partial charge in [-0.15, -0.1) is 0 Å². The highest BCUT2D eigenvalue weighted by atomic mass is 79.9. The minimum Gasteiger partial charge on any atom is -0.333 e. The molecule has 0 saturated heterocycles. The van der Waals surface area contributed by atoms with Gasteiger partial charge in [-0.3, -0.25) is 9.78 Å². The molecule has 0 radical (unpaired) electrons. The normalized spacial score (nSPS) is 14.7. The fourth-order valence-corrected chi connectivity index (χ4v) is 3.07.